The Morgan fingerprint density at radius 2 is 2.05 bits per heavy atom. The zero-order chi connectivity index (χ0) is 13.8. The Bertz CT molecular complexity index is 566. The molecule has 0 aliphatic heterocycles. The molecular formula is C14H18ClN3O. The van der Waals surface area contributed by atoms with E-state index >= 15 is 0 Å². The first kappa shape index (κ1) is 13.7. The number of nitrogens with one attached hydrogen (secondary N) is 1. The largest absolute Gasteiger partial charge is 0.488 e. The lowest BCUT2D eigenvalue weighted by molar-refractivity contribution is 0.328. The molecule has 0 unspecified atom stereocenters. The van der Waals surface area contributed by atoms with Crippen molar-refractivity contribution in [2.24, 2.45) is 7.05 Å². The first-order chi connectivity index (χ1) is 9.09. The molecule has 0 saturated heterocycles. The fraction of sp³-hybridized carbons (Fsp3) is 0.357. The van der Waals surface area contributed by atoms with E-state index in [-0.39, 0.29) is 0 Å². The van der Waals surface area contributed by atoms with Crippen molar-refractivity contribution >= 4 is 17.3 Å². The van der Waals surface area contributed by atoms with Gasteiger partial charge in [-0.15, -0.1) is 0 Å². The van der Waals surface area contributed by atoms with Gasteiger partial charge in [0.2, 0.25) is 0 Å². The quantitative estimate of drug-likeness (QED) is 0.855. The highest BCUT2D eigenvalue weighted by Gasteiger charge is 2.10. The molecule has 0 fully saturated rings. The molecule has 1 heterocycles. The minimum atomic E-state index is 0.568. The Hall–Kier alpha value is -1.68. The van der Waals surface area contributed by atoms with Gasteiger partial charge in [0.1, 0.15) is 12.3 Å². The molecule has 0 saturated carbocycles. The van der Waals surface area contributed by atoms with E-state index in [2.05, 4.69) is 10.4 Å². The van der Waals surface area contributed by atoms with Gasteiger partial charge in [-0.05, 0) is 26.0 Å². The molecule has 1 N–H and O–H groups in total. The van der Waals surface area contributed by atoms with Gasteiger partial charge in [0, 0.05) is 13.6 Å². The fourth-order valence-corrected chi connectivity index (χ4v) is 2.11. The SMILES string of the molecule is Cc1nn(C)c(C)c1OCCNc1ccccc1Cl. The van der Waals surface area contributed by atoms with Crippen LogP contribution in [0.3, 0.4) is 0 Å². The summed E-state index contributed by atoms with van der Waals surface area (Å²) in [6.07, 6.45) is 0. The van der Waals surface area contributed by atoms with E-state index in [1.165, 1.54) is 0 Å². The van der Waals surface area contributed by atoms with Crippen LogP contribution in [-0.2, 0) is 7.05 Å². The Kier molecular flexibility index (Phi) is 4.32. The van der Waals surface area contributed by atoms with Crippen molar-refractivity contribution in [3.8, 4) is 5.75 Å². The molecule has 0 aliphatic carbocycles. The maximum Gasteiger partial charge on any atom is 0.163 e. The van der Waals surface area contributed by atoms with E-state index in [0.717, 1.165) is 27.8 Å². The summed E-state index contributed by atoms with van der Waals surface area (Å²) in [5, 5.41) is 8.28. The lowest BCUT2D eigenvalue weighted by Crippen LogP contribution is -2.12. The van der Waals surface area contributed by atoms with E-state index in [4.69, 9.17) is 16.3 Å². The number of benzene rings is 1. The summed E-state index contributed by atoms with van der Waals surface area (Å²) in [6.45, 7) is 5.21. The summed E-state index contributed by atoms with van der Waals surface area (Å²) in [4.78, 5) is 0. The van der Waals surface area contributed by atoms with Gasteiger partial charge in [0.05, 0.1) is 16.4 Å². The molecule has 1 aromatic heterocycles. The van der Waals surface area contributed by atoms with Crippen LogP contribution in [0.4, 0.5) is 5.69 Å². The third-order valence-electron chi connectivity index (χ3n) is 2.98. The van der Waals surface area contributed by atoms with Gasteiger partial charge in [-0.25, -0.2) is 0 Å². The van der Waals surface area contributed by atoms with Crippen molar-refractivity contribution in [3.05, 3.63) is 40.7 Å². The molecule has 1 aromatic carbocycles. The van der Waals surface area contributed by atoms with Gasteiger partial charge >= 0.3 is 0 Å². The number of aryl methyl sites for hydroxylation is 2. The predicted octanol–water partition coefficient (Wildman–Crippen LogP) is 3.18. The lowest BCUT2D eigenvalue weighted by atomic mass is 10.3. The Morgan fingerprint density at radius 3 is 2.68 bits per heavy atom. The van der Waals surface area contributed by atoms with Crippen molar-refractivity contribution < 1.29 is 4.74 Å². The molecule has 102 valence electrons. The summed E-state index contributed by atoms with van der Waals surface area (Å²) in [6, 6.07) is 7.67. The third-order valence-corrected chi connectivity index (χ3v) is 3.31. The van der Waals surface area contributed by atoms with Crippen molar-refractivity contribution in [1.29, 1.82) is 0 Å². The summed E-state index contributed by atoms with van der Waals surface area (Å²) in [7, 11) is 1.91. The molecule has 0 spiro atoms. The molecule has 0 amide bonds. The Morgan fingerprint density at radius 1 is 1.32 bits per heavy atom. The smallest absolute Gasteiger partial charge is 0.163 e. The summed E-state index contributed by atoms with van der Waals surface area (Å²) >= 11 is 6.06. The molecular weight excluding hydrogens is 262 g/mol. The minimum absolute atomic E-state index is 0.568. The van der Waals surface area contributed by atoms with Crippen molar-refractivity contribution in [2.75, 3.05) is 18.5 Å². The number of hydrogen-bond donors (Lipinski definition) is 1. The summed E-state index contributed by atoms with van der Waals surface area (Å²) in [5.41, 5.74) is 2.88. The van der Waals surface area contributed by atoms with Crippen molar-refractivity contribution in [3.63, 3.8) is 0 Å². The highest BCUT2D eigenvalue weighted by molar-refractivity contribution is 6.33. The zero-order valence-electron chi connectivity index (χ0n) is 11.4. The maximum absolute atomic E-state index is 6.06. The minimum Gasteiger partial charge on any atom is -0.488 e. The topological polar surface area (TPSA) is 39.1 Å². The molecule has 0 radical (unpaired) electrons. The lowest BCUT2D eigenvalue weighted by Gasteiger charge is -2.10. The summed E-state index contributed by atoms with van der Waals surface area (Å²) < 4.78 is 7.59. The highest BCUT2D eigenvalue weighted by atomic mass is 35.5. The average molecular weight is 280 g/mol. The third kappa shape index (κ3) is 3.20. The number of hydrogen-bond acceptors (Lipinski definition) is 3. The number of halogens is 1. The first-order valence-corrected chi connectivity index (χ1v) is 6.59. The number of para-hydroxylation sites is 1. The van der Waals surface area contributed by atoms with Crippen LogP contribution in [0.1, 0.15) is 11.4 Å². The zero-order valence-corrected chi connectivity index (χ0v) is 12.2. The van der Waals surface area contributed by atoms with Crippen LogP contribution in [0.15, 0.2) is 24.3 Å². The second-order valence-electron chi connectivity index (χ2n) is 4.38. The predicted molar refractivity (Wildman–Crippen MR) is 78.1 cm³/mol. The molecule has 0 aliphatic rings. The van der Waals surface area contributed by atoms with Gasteiger partial charge in [0.15, 0.2) is 5.75 Å². The van der Waals surface area contributed by atoms with Crippen LogP contribution in [0.5, 0.6) is 5.75 Å². The highest BCUT2D eigenvalue weighted by Crippen LogP contribution is 2.22. The number of nitrogens with zero attached hydrogens (tertiary/aromatic N) is 2. The number of anilines is 1. The van der Waals surface area contributed by atoms with Crippen LogP contribution in [0.25, 0.3) is 0 Å². The van der Waals surface area contributed by atoms with Crippen LogP contribution in [-0.4, -0.2) is 22.9 Å². The van der Waals surface area contributed by atoms with E-state index < -0.39 is 0 Å². The fourth-order valence-electron chi connectivity index (χ4n) is 1.91. The first-order valence-electron chi connectivity index (χ1n) is 6.21. The number of ether oxygens (including phenoxy) is 1. The standard InChI is InChI=1S/C14H18ClN3O/c1-10-14(11(2)18(3)17-10)19-9-8-16-13-7-5-4-6-12(13)15/h4-7,16H,8-9H2,1-3H3. The second kappa shape index (κ2) is 5.97. The second-order valence-corrected chi connectivity index (χ2v) is 4.79. The van der Waals surface area contributed by atoms with Crippen molar-refractivity contribution in [2.45, 2.75) is 13.8 Å². The van der Waals surface area contributed by atoms with Crippen LogP contribution < -0.4 is 10.1 Å². The average Bonchev–Trinajstić information content (AvgIpc) is 2.62. The van der Waals surface area contributed by atoms with Gasteiger partial charge in [0.25, 0.3) is 0 Å². The molecule has 5 heteroatoms. The Balaban J connectivity index is 1.86. The number of rotatable bonds is 5. The van der Waals surface area contributed by atoms with Crippen LogP contribution >= 0.6 is 11.6 Å². The molecule has 4 nitrogen and oxygen atoms in total. The van der Waals surface area contributed by atoms with Crippen LogP contribution in [0, 0.1) is 13.8 Å². The van der Waals surface area contributed by atoms with E-state index in [9.17, 15) is 0 Å². The normalized spacial score (nSPS) is 10.5. The Labute approximate surface area is 118 Å². The van der Waals surface area contributed by atoms with Crippen molar-refractivity contribution in [1.82, 2.24) is 9.78 Å². The molecule has 2 rings (SSSR count). The molecule has 0 atom stereocenters. The summed E-state index contributed by atoms with van der Waals surface area (Å²) in [5.74, 6) is 0.864. The molecule has 0 bridgehead atoms. The number of aromatic nitrogens is 2. The van der Waals surface area contributed by atoms with E-state index in [0.29, 0.717) is 13.2 Å². The van der Waals surface area contributed by atoms with Gasteiger partial charge < -0.3 is 10.1 Å². The van der Waals surface area contributed by atoms with E-state index in [1.54, 1.807) is 0 Å². The maximum atomic E-state index is 6.06. The van der Waals surface area contributed by atoms with Gasteiger partial charge in [-0.2, -0.15) is 5.10 Å². The van der Waals surface area contributed by atoms with E-state index in [1.807, 2.05) is 49.8 Å². The van der Waals surface area contributed by atoms with Gasteiger partial charge in [-0.3, -0.25) is 4.68 Å². The monoisotopic (exact) mass is 279 g/mol. The molecule has 19 heavy (non-hydrogen) atoms. The van der Waals surface area contributed by atoms with Crippen LogP contribution in [0.2, 0.25) is 5.02 Å². The van der Waals surface area contributed by atoms with Gasteiger partial charge in [-0.1, -0.05) is 23.7 Å². The molecule has 2 aromatic rings.